The van der Waals surface area contributed by atoms with Crippen molar-refractivity contribution in [1.82, 2.24) is 4.90 Å². The Morgan fingerprint density at radius 2 is 1.77 bits per heavy atom. The second kappa shape index (κ2) is 10.1. The zero-order valence-electron chi connectivity index (χ0n) is 17.8. The van der Waals surface area contributed by atoms with E-state index in [0.717, 1.165) is 16.7 Å². The van der Waals surface area contributed by atoms with Crippen LogP contribution in [0.15, 0.2) is 42.5 Å². The van der Waals surface area contributed by atoms with Gasteiger partial charge in [0, 0.05) is 13.0 Å². The molecule has 0 fully saturated rings. The van der Waals surface area contributed by atoms with Gasteiger partial charge in [0.05, 0.1) is 33.3 Å². The van der Waals surface area contributed by atoms with E-state index in [1.807, 2.05) is 47.4 Å². The number of benzene rings is 2. The van der Waals surface area contributed by atoms with Crippen molar-refractivity contribution in [3.05, 3.63) is 59.2 Å². The Kier molecular flexibility index (Phi) is 7.33. The van der Waals surface area contributed by atoms with Crippen molar-refractivity contribution < 1.29 is 23.8 Å². The number of amides is 1. The minimum atomic E-state index is -0.379. The van der Waals surface area contributed by atoms with Gasteiger partial charge in [0.2, 0.25) is 5.91 Å². The number of rotatable bonds is 8. The van der Waals surface area contributed by atoms with Gasteiger partial charge < -0.3 is 19.1 Å². The lowest BCUT2D eigenvalue weighted by atomic mass is 9.89. The fourth-order valence-electron chi connectivity index (χ4n) is 3.96. The first kappa shape index (κ1) is 21.7. The molecule has 0 bridgehead atoms. The van der Waals surface area contributed by atoms with Gasteiger partial charge in [0.15, 0.2) is 11.5 Å². The van der Waals surface area contributed by atoms with Crippen molar-refractivity contribution in [2.24, 2.45) is 0 Å². The van der Waals surface area contributed by atoms with E-state index < -0.39 is 0 Å². The molecule has 1 atom stereocenters. The lowest BCUT2D eigenvalue weighted by Gasteiger charge is -2.37. The lowest BCUT2D eigenvalue weighted by molar-refractivity contribution is -0.146. The van der Waals surface area contributed by atoms with Crippen LogP contribution in [0.25, 0.3) is 0 Å². The standard InChI is InChI=1S/C24H29NO5/c1-4-30-24(27)16-20-19-15-22(29-3)21(28-2)14-18(19)12-13-25(20)23(26)11-10-17-8-6-5-7-9-17/h5-9,14-15,20H,4,10-13,16H2,1-3H3/t20-/m0/s1. The minimum absolute atomic E-state index is 0.0357. The molecule has 0 saturated heterocycles. The SMILES string of the molecule is CCOC(=O)C[C@H]1c2cc(OC)c(OC)cc2CCN1C(=O)CCc1ccccc1. The maximum absolute atomic E-state index is 13.1. The van der Waals surface area contributed by atoms with Crippen LogP contribution in [0.1, 0.15) is 42.5 Å². The van der Waals surface area contributed by atoms with E-state index in [1.165, 1.54) is 0 Å². The molecule has 1 aliphatic rings. The molecule has 0 unspecified atom stereocenters. The van der Waals surface area contributed by atoms with Crippen LogP contribution in [0, 0.1) is 0 Å². The van der Waals surface area contributed by atoms with Gasteiger partial charge in [0.25, 0.3) is 0 Å². The summed E-state index contributed by atoms with van der Waals surface area (Å²) in [5.74, 6) is 0.957. The second-order valence-electron chi connectivity index (χ2n) is 7.25. The molecule has 0 aromatic heterocycles. The van der Waals surface area contributed by atoms with Gasteiger partial charge in [-0.1, -0.05) is 30.3 Å². The third-order valence-corrected chi connectivity index (χ3v) is 5.46. The van der Waals surface area contributed by atoms with Gasteiger partial charge in [-0.05, 0) is 48.6 Å². The maximum Gasteiger partial charge on any atom is 0.308 e. The largest absolute Gasteiger partial charge is 0.493 e. The fourth-order valence-corrected chi connectivity index (χ4v) is 3.96. The van der Waals surface area contributed by atoms with E-state index in [4.69, 9.17) is 14.2 Å². The van der Waals surface area contributed by atoms with Crippen LogP contribution >= 0.6 is 0 Å². The minimum Gasteiger partial charge on any atom is -0.493 e. The number of ether oxygens (including phenoxy) is 3. The van der Waals surface area contributed by atoms with E-state index in [-0.39, 0.29) is 24.3 Å². The zero-order chi connectivity index (χ0) is 21.5. The summed E-state index contributed by atoms with van der Waals surface area (Å²) in [7, 11) is 3.18. The molecule has 3 rings (SSSR count). The Morgan fingerprint density at radius 3 is 2.43 bits per heavy atom. The topological polar surface area (TPSA) is 65.1 Å². The van der Waals surface area contributed by atoms with E-state index in [9.17, 15) is 9.59 Å². The summed E-state index contributed by atoms with van der Waals surface area (Å²) in [6.45, 7) is 2.65. The first-order valence-electron chi connectivity index (χ1n) is 10.3. The molecule has 2 aromatic carbocycles. The number of hydrogen-bond acceptors (Lipinski definition) is 5. The molecule has 160 valence electrons. The summed E-state index contributed by atoms with van der Waals surface area (Å²) in [6.07, 6.45) is 1.88. The zero-order valence-corrected chi connectivity index (χ0v) is 17.8. The highest BCUT2D eigenvalue weighted by molar-refractivity contribution is 5.79. The van der Waals surface area contributed by atoms with E-state index in [0.29, 0.717) is 43.9 Å². The van der Waals surface area contributed by atoms with Crippen LogP contribution in [-0.4, -0.2) is 44.1 Å². The summed E-state index contributed by atoms with van der Waals surface area (Å²) >= 11 is 0. The lowest BCUT2D eigenvalue weighted by Crippen LogP contribution is -2.41. The average molecular weight is 411 g/mol. The first-order chi connectivity index (χ1) is 14.6. The normalized spacial score (nSPS) is 15.3. The molecule has 0 saturated carbocycles. The van der Waals surface area contributed by atoms with Crippen LogP contribution in [-0.2, 0) is 27.2 Å². The summed E-state index contributed by atoms with van der Waals surface area (Å²) in [4.78, 5) is 27.3. The summed E-state index contributed by atoms with van der Waals surface area (Å²) in [5.41, 5.74) is 3.10. The molecule has 0 aliphatic carbocycles. The van der Waals surface area contributed by atoms with Gasteiger partial charge in [-0.15, -0.1) is 0 Å². The summed E-state index contributed by atoms with van der Waals surface area (Å²) in [5, 5.41) is 0. The fraction of sp³-hybridized carbons (Fsp3) is 0.417. The summed E-state index contributed by atoms with van der Waals surface area (Å²) in [6, 6.07) is 13.4. The van der Waals surface area contributed by atoms with Crippen LogP contribution in [0.3, 0.4) is 0 Å². The number of methoxy groups -OCH3 is 2. The highest BCUT2D eigenvalue weighted by atomic mass is 16.5. The smallest absolute Gasteiger partial charge is 0.308 e. The Morgan fingerprint density at radius 1 is 1.07 bits per heavy atom. The third-order valence-electron chi connectivity index (χ3n) is 5.46. The van der Waals surface area contributed by atoms with Crippen LogP contribution < -0.4 is 9.47 Å². The third kappa shape index (κ3) is 4.93. The quantitative estimate of drug-likeness (QED) is 0.620. The highest BCUT2D eigenvalue weighted by Gasteiger charge is 2.33. The number of carbonyl (C=O) groups is 2. The number of esters is 1. The highest BCUT2D eigenvalue weighted by Crippen LogP contribution is 2.39. The number of carbonyl (C=O) groups excluding carboxylic acids is 2. The van der Waals surface area contributed by atoms with E-state index >= 15 is 0 Å². The van der Waals surface area contributed by atoms with Crippen LogP contribution in [0.2, 0.25) is 0 Å². The average Bonchev–Trinajstić information content (AvgIpc) is 2.77. The predicted octanol–water partition coefficient (Wildman–Crippen LogP) is 3.72. The second-order valence-corrected chi connectivity index (χ2v) is 7.25. The molecule has 6 heteroatoms. The van der Waals surface area contributed by atoms with Crippen molar-refractivity contribution in [2.75, 3.05) is 27.4 Å². The van der Waals surface area contributed by atoms with Gasteiger partial charge in [-0.2, -0.15) is 0 Å². The number of hydrogen-bond donors (Lipinski definition) is 0. The Bertz CT molecular complexity index is 881. The summed E-state index contributed by atoms with van der Waals surface area (Å²) < 4.78 is 16.1. The maximum atomic E-state index is 13.1. The molecular formula is C24H29NO5. The van der Waals surface area contributed by atoms with Gasteiger partial charge in [0.1, 0.15) is 0 Å². The predicted molar refractivity (Wildman–Crippen MR) is 114 cm³/mol. The monoisotopic (exact) mass is 411 g/mol. The molecule has 0 spiro atoms. The van der Waals surface area contributed by atoms with E-state index in [1.54, 1.807) is 21.1 Å². The van der Waals surface area contributed by atoms with Crippen molar-refractivity contribution in [3.8, 4) is 11.5 Å². The molecule has 2 aromatic rings. The van der Waals surface area contributed by atoms with Gasteiger partial charge in [-0.25, -0.2) is 0 Å². The molecule has 1 heterocycles. The van der Waals surface area contributed by atoms with Gasteiger partial charge in [-0.3, -0.25) is 9.59 Å². The number of aryl methyl sites for hydroxylation is 1. The van der Waals surface area contributed by atoms with Crippen molar-refractivity contribution >= 4 is 11.9 Å². The molecule has 0 radical (unpaired) electrons. The van der Waals surface area contributed by atoms with Crippen molar-refractivity contribution in [1.29, 1.82) is 0 Å². The van der Waals surface area contributed by atoms with Crippen LogP contribution in [0.5, 0.6) is 11.5 Å². The molecule has 30 heavy (non-hydrogen) atoms. The molecule has 1 aliphatic heterocycles. The number of fused-ring (bicyclic) bond motifs is 1. The first-order valence-corrected chi connectivity index (χ1v) is 10.3. The van der Waals surface area contributed by atoms with Crippen molar-refractivity contribution in [3.63, 3.8) is 0 Å². The Balaban J connectivity index is 1.86. The Labute approximate surface area is 177 Å². The molecule has 1 amide bonds. The Hall–Kier alpha value is -3.02. The molecular weight excluding hydrogens is 382 g/mol. The van der Waals surface area contributed by atoms with Crippen LogP contribution in [0.4, 0.5) is 0 Å². The van der Waals surface area contributed by atoms with E-state index in [2.05, 4.69) is 0 Å². The molecule has 0 N–H and O–H groups in total. The number of nitrogens with zero attached hydrogens (tertiary/aromatic N) is 1. The van der Waals surface area contributed by atoms with Crippen molar-refractivity contribution in [2.45, 2.75) is 38.6 Å². The van der Waals surface area contributed by atoms with Gasteiger partial charge >= 0.3 is 5.97 Å². The molecule has 6 nitrogen and oxygen atoms in total.